The highest BCUT2D eigenvalue weighted by molar-refractivity contribution is 5.80. The summed E-state index contributed by atoms with van der Waals surface area (Å²) in [5, 5.41) is 16.0. The highest BCUT2D eigenvalue weighted by Gasteiger charge is 2.24. The molecule has 4 heteroatoms. The van der Waals surface area contributed by atoms with Gasteiger partial charge in [0.2, 0.25) is 5.91 Å². The quantitative estimate of drug-likeness (QED) is 0.617. The summed E-state index contributed by atoms with van der Waals surface area (Å²) >= 11 is 0. The summed E-state index contributed by atoms with van der Waals surface area (Å²) in [5.41, 5.74) is 0. The second kappa shape index (κ2) is 6.97. The molecule has 100 valence electrons. The molecule has 0 aromatic carbocycles. The molecule has 0 spiro atoms. The molecule has 1 unspecified atom stereocenters. The van der Waals surface area contributed by atoms with Crippen LogP contribution >= 0.6 is 0 Å². The molecular weight excluding hydrogens is 216 g/mol. The van der Waals surface area contributed by atoms with E-state index in [1.165, 1.54) is 0 Å². The first-order chi connectivity index (χ1) is 8.00. The van der Waals surface area contributed by atoms with E-state index in [4.69, 9.17) is 0 Å². The standard InChI is InChI=1S/C13H26N2O2/c1-9(2)6-10(3)12(16)8-14-7-11-4-5-15-13(11)17/h9-12,14,16H,4-8H2,1-3H3,(H,15,17)/t10-,11-,12?/m0/s1. The normalized spacial score (nSPS) is 23.8. The zero-order valence-corrected chi connectivity index (χ0v) is 11.2. The van der Waals surface area contributed by atoms with Crippen molar-refractivity contribution < 1.29 is 9.90 Å². The first-order valence-electron chi connectivity index (χ1n) is 6.67. The Morgan fingerprint density at radius 3 is 2.71 bits per heavy atom. The first-order valence-corrected chi connectivity index (χ1v) is 6.67. The topological polar surface area (TPSA) is 61.4 Å². The van der Waals surface area contributed by atoms with Gasteiger partial charge >= 0.3 is 0 Å². The molecule has 0 bridgehead atoms. The monoisotopic (exact) mass is 242 g/mol. The summed E-state index contributed by atoms with van der Waals surface area (Å²) in [7, 11) is 0. The van der Waals surface area contributed by atoms with E-state index in [0.29, 0.717) is 24.9 Å². The molecule has 1 amide bonds. The molecule has 1 aliphatic rings. The lowest BCUT2D eigenvalue weighted by Crippen LogP contribution is -2.36. The number of hydrogen-bond donors (Lipinski definition) is 3. The number of carbonyl (C=O) groups is 1. The van der Waals surface area contributed by atoms with Crippen molar-refractivity contribution in [2.45, 2.75) is 39.7 Å². The van der Waals surface area contributed by atoms with Crippen LogP contribution in [0.3, 0.4) is 0 Å². The summed E-state index contributed by atoms with van der Waals surface area (Å²) in [4.78, 5) is 11.3. The van der Waals surface area contributed by atoms with Crippen LogP contribution in [0, 0.1) is 17.8 Å². The maximum Gasteiger partial charge on any atom is 0.224 e. The minimum absolute atomic E-state index is 0.0857. The van der Waals surface area contributed by atoms with Gasteiger partial charge in [-0.3, -0.25) is 4.79 Å². The van der Waals surface area contributed by atoms with E-state index >= 15 is 0 Å². The van der Waals surface area contributed by atoms with Crippen molar-refractivity contribution in [3.05, 3.63) is 0 Å². The Morgan fingerprint density at radius 2 is 2.18 bits per heavy atom. The molecule has 0 aromatic heterocycles. The van der Waals surface area contributed by atoms with Crippen LogP contribution in [0.15, 0.2) is 0 Å². The number of amides is 1. The van der Waals surface area contributed by atoms with Crippen LogP contribution in [0.25, 0.3) is 0 Å². The van der Waals surface area contributed by atoms with Crippen LogP contribution in [0.2, 0.25) is 0 Å². The first kappa shape index (κ1) is 14.5. The maximum atomic E-state index is 11.3. The van der Waals surface area contributed by atoms with Crippen molar-refractivity contribution in [2.75, 3.05) is 19.6 Å². The summed E-state index contributed by atoms with van der Waals surface area (Å²) < 4.78 is 0. The fourth-order valence-electron chi connectivity index (χ4n) is 2.35. The lowest BCUT2D eigenvalue weighted by molar-refractivity contribution is -0.122. The van der Waals surface area contributed by atoms with Crippen molar-refractivity contribution in [1.82, 2.24) is 10.6 Å². The largest absolute Gasteiger partial charge is 0.392 e. The molecule has 3 atom stereocenters. The lowest BCUT2D eigenvalue weighted by atomic mass is 9.94. The molecule has 17 heavy (non-hydrogen) atoms. The van der Waals surface area contributed by atoms with E-state index in [-0.39, 0.29) is 17.9 Å². The van der Waals surface area contributed by atoms with Crippen LogP contribution < -0.4 is 10.6 Å². The maximum absolute atomic E-state index is 11.3. The summed E-state index contributed by atoms with van der Waals surface area (Å²) in [6.45, 7) is 8.46. The van der Waals surface area contributed by atoms with E-state index in [0.717, 1.165) is 19.4 Å². The molecule has 0 radical (unpaired) electrons. The SMILES string of the molecule is CC(C)C[C@H](C)C(O)CNC[C@@H]1CCNC1=O. The van der Waals surface area contributed by atoms with Crippen LogP contribution in [0.5, 0.6) is 0 Å². The fourth-order valence-corrected chi connectivity index (χ4v) is 2.35. The summed E-state index contributed by atoms with van der Waals surface area (Å²) in [5.74, 6) is 1.14. The Labute approximate surface area is 104 Å². The molecule has 0 aromatic rings. The van der Waals surface area contributed by atoms with Gasteiger partial charge in [0.25, 0.3) is 0 Å². The molecule has 1 saturated heterocycles. The van der Waals surface area contributed by atoms with Gasteiger partial charge in [0.05, 0.1) is 12.0 Å². The van der Waals surface area contributed by atoms with Gasteiger partial charge in [-0.1, -0.05) is 20.8 Å². The van der Waals surface area contributed by atoms with Crippen molar-refractivity contribution in [1.29, 1.82) is 0 Å². The molecule has 3 N–H and O–H groups in total. The van der Waals surface area contributed by atoms with E-state index in [1.54, 1.807) is 0 Å². The number of carbonyl (C=O) groups excluding carboxylic acids is 1. The smallest absolute Gasteiger partial charge is 0.224 e. The average molecular weight is 242 g/mol. The molecule has 1 aliphatic heterocycles. The van der Waals surface area contributed by atoms with Gasteiger partial charge in [0.15, 0.2) is 0 Å². The summed E-state index contributed by atoms with van der Waals surface area (Å²) in [6.07, 6.45) is 1.62. The minimum atomic E-state index is -0.318. The molecule has 4 nitrogen and oxygen atoms in total. The second-order valence-corrected chi connectivity index (χ2v) is 5.61. The Kier molecular flexibility index (Phi) is 5.92. The Hall–Kier alpha value is -0.610. The highest BCUT2D eigenvalue weighted by Crippen LogP contribution is 2.14. The van der Waals surface area contributed by atoms with Crippen LogP contribution in [0.4, 0.5) is 0 Å². The van der Waals surface area contributed by atoms with Gasteiger partial charge in [-0.25, -0.2) is 0 Å². The number of nitrogens with one attached hydrogen (secondary N) is 2. The van der Waals surface area contributed by atoms with Crippen LogP contribution in [-0.2, 0) is 4.79 Å². The Bertz CT molecular complexity index is 244. The fraction of sp³-hybridized carbons (Fsp3) is 0.923. The van der Waals surface area contributed by atoms with Crippen molar-refractivity contribution in [3.63, 3.8) is 0 Å². The van der Waals surface area contributed by atoms with Crippen molar-refractivity contribution in [3.8, 4) is 0 Å². The molecule has 0 aliphatic carbocycles. The average Bonchev–Trinajstić information content (AvgIpc) is 2.63. The summed E-state index contributed by atoms with van der Waals surface area (Å²) in [6, 6.07) is 0. The number of aliphatic hydroxyl groups is 1. The number of rotatable bonds is 7. The molecule has 1 fully saturated rings. The molecule has 0 saturated carbocycles. The van der Waals surface area contributed by atoms with E-state index < -0.39 is 0 Å². The highest BCUT2D eigenvalue weighted by atomic mass is 16.3. The Balaban J connectivity index is 2.15. The lowest BCUT2D eigenvalue weighted by Gasteiger charge is -2.21. The van der Waals surface area contributed by atoms with Gasteiger partial charge in [-0.15, -0.1) is 0 Å². The predicted molar refractivity (Wildman–Crippen MR) is 68.6 cm³/mol. The number of aliphatic hydroxyl groups excluding tert-OH is 1. The molecular formula is C13H26N2O2. The zero-order valence-electron chi connectivity index (χ0n) is 11.2. The zero-order chi connectivity index (χ0) is 12.8. The Morgan fingerprint density at radius 1 is 1.47 bits per heavy atom. The van der Waals surface area contributed by atoms with Gasteiger partial charge in [0.1, 0.15) is 0 Å². The number of hydrogen-bond acceptors (Lipinski definition) is 3. The third kappa shape index (κ3) is 5.04. The van der Waals surface area contributed by atoms with Gasteiger partial charge in [-0.05, 0) is 24.7 Å². The van der Waals surface area contributed by atoms with Crippen LogP contribution in [-0.4, -0.2) is 36.8 Å². The molecule has 1 heterocycles. The third-order valence-corrected chi connectivity index (χ3v) is 3.41. The molecule has 1 rings (SSSR count). The van der Waals surface area contributed by atoms with Gasteiger partial charge in [-0.2, -0.15) is 0 Å². The van der Waals surface area contributed by atoms with Crippen LogP contribution in [0.1, 0.15) is 33.6 Å². The third-order valence-electron chi connectivity index (χ3n) is 3.41. The van der Waals surface area contributed by atoms with Crippen molar-refractivity contribution in [2.24, 2.45) is 17.8 Å². The van der Waals surface area contributed by atoms with Crippen molar-refractivity contribution >= 4 is 5.91 Å². The van der Waals surface area contributed by atoms with E-state index in [1.807, 2.05) is 0 Å². The van der Waals surface area contributed by atoms with E-state index in [9.17, 15) is 9.90 Å². The van der Waals surface area contributed by atoms with E-state index in [2.05, 4.69) is 31.4 Å². The van der Waals surface area contributed by atoms with Gasteiger partial charge in [0, 0.05) is 19.6 Å². The van der Waals surface area contributed by atoms with Gasteiger partial charge < -0.3 is 15.7 Å². The minimum Gasteiger partial charge on any atom is -0.392 e. The second-order valence-electron chi connectivity index (χ2n) is 5.61. The predicted octanol–water partition coefficient (Wildman–Crippen LogP) is 0.755.